The van der Waals surface area contributed by atoms with E-state index in [0.717, 1.165) is 11.3 Å². The summed E-state index contributed by atoms with van der Waals surface area (Å²) in [6, 6.07) is -1.05. The molecule has 0 spiro atoms. The second-order valence-corrected chi connectivity index (χ2v) is 10.8. The van der Waals surface area contributed by atoms with Crippen molar-refractivity contribution in [3.8, 4) is 0 Å². The van der Waals surface area contributed by atoms with Crippen molar-refractivity contribution in [1.82, 2.24) is 25.2 Å². The number of esters is 1. The Hall–Kier alpha value is -4.51. The van der Waals surface area contributed by atoms with Crippen molar-refractivity contribution in [2.75, 3.05) is 11.5 Å². The molecule has 41 heavy (non-hydrogen) atoms. The molecular weight excluding hydrogens is 578 g/mol. The zero-order chi connectivity index (χ0) is 29.7. The average Bonchev–Trinajstić information content (AvgIpc) is 3.35. The van der Waals surface area contributed by atoms with Crippen molar-refractivity contribution < 1.29 is 38.6 Å². The Morgan fingerprint density at radius 1 is 1.20 bits per heavy atom. The van der Waals surface area contributed by atoms with Crippen LogP contribution in [-0.4, -0.2) is 84.3 Å². The molecule has 4 N–H and O–H groups in total. The minimum Gasteiger partial charge on any atom is -0.431 e. The van der Waals surface area contributed by atoms with Crippen LogP contribution in [0.5, 0.6) is 0 Å². The number of nitrogens with zero attached hydrogens (tertiary/aromatic N) is 5. The van der Waals surface area contributed by atoms with Crippen LogP contribution < -0.4 is 11.1 Å². The smallest absolute Gasteiger partial charge is 0.431 e. The van der Waals surface area contributed by atoms with Crippen molar-refractivity contribution in [2.45, 2.75) is 44.6 Å². The van der Waals surface area contributed by atoms with Gasteiger partial charge in [-0.1, -0.05) is 17.3 Å². The predicted octanol–water partition coefficient (Wildman–Crippen LogP) is 1.51. The number of hydrogen-bond acceptors (Lipinski definition) is 15. The molecule has 0 saturated carbocycles. The number of nitrogens with two attached hydrogens (primary N) is 1. The molecule has 216 valence electrons. The highest BCUT2D eigenvalue weighted by Gasteiger charge is 2.54. The van der Waals surface area contributed by atoms with Gasteiger partial charge in [-0.3, -0.25) is 14.5 Å². The molecule has 0 radical (unpaired) electrons. The van der Waals surface area contributed by atoms with E-state index in [-0.39, 0.29) is 22.3 Å². The Bertz CT molecular complexity index is 1430. The van der Waals surface area contributed by atoms with Crippen molar-refractivity contribution in [3.05, 3.63) is 52.7 Å². The van der Waals surface area contributed by atoms with Crippen LogP contribution in [-0.2, 0) is 28.6 Å². The van der Waals surface area contributed by atoms with Crippen molar-refractivity contribution in [3.63, 3.8) is 0 Å². The summed E-state index contributed by atoms with van der Waals surface area (Å²) in [6.07, 6.45) is 4.98. The number of nitrogen functional groups attached to an aromatic ring is 1. The fraction of sp³-hybridized carbons (Fsp3) is 0.333. The number of thioether (sulfide) groups is 1. The molecule has 0 bridgehead atoms. The van der Waals surface area contributed by atoms with Gasteiger partial charge >= 0.3 is 12.1 Å². The standard InChI is InChI=1S/C24H25N7O8S2/c1-11(2)37-24(35)39-12(3)38-22(34)18-14(5-4-13-6-26-10-27-7-13)8-40-21-17(20(33)31(18)21)29-19(32)16(30-36)15-9-41-23(25)28-15/h4-7,9-12,17,21,36H,8H2,1-3H3,(H2,25,28)(H,29,32)/b5-4-,30-16-/t12?,17-,21-/m1/s1. The van der Waals surface area contributed by atoms with E-state index in [9.17, 15) is 24.4 Å². The number of ether oxygens (including phenoxy) is 3. The van der Waals surface area contributed by atoms with Gasteiger partial charge < -0.3 is 30.5 Å². The molecule has 2 amide bonds. The second-order valence-electron chi connectivity index (χ2n) is 8.77. The highest BCUT2D eigenvalue weighted by molar-refractivity contribution is 8.00. The molecule has 2 aromatic rings. The molecule has 0 aliphatic carbocycles. The molecule has 2 aliphatic rings. The number of carbonyl (C=O) groups excluding carboxylic acids is 4. The van der Waals surface area contributed by atoms with Gasteiger partial charge in [0.1, 0.15) is 29.1 Å². The Morgan fingerprint density at radius 2 is 1.93 bits per heavy atom. The minimum absolute atomic E-state index is 0.0406. The molecule has 1 fully saturated rings. The van der Waals surface area contributed by atoms with Crippen LogP contribution in [0.1, 0.15) is 32.0 Å². The number of amides is 2. The fourth-order valence-corrected chi connectivity index (χ4v) is 5.63. The summed E-state index contributed by atoms with van der Waals surface area (Å²) in [5, 5.41) is 15.8. The van der Waals surface area contributed by atoms with E-state index in [4.69, 9.17) is 19.9 Å². The summed E-state index contributed by atoms with van der Waals surface area (Å²) in [4.78, 5) is 64.2. The molecule has 4 heterocycles. The van der Waals surface area contributed by atoms with E-state index < -0.39 is 53.5 Å². The quantitative estimate of drug-likeness (QED) is 0.0928. The highest BCUT2D eigenvalue weighted by atomic mass is 32.2. The van der Waals surface area contributed by atoms with Gasteiger partial charge in [-0.2, -0.15) is 0 Å². The lowest BCUT2D eigenvalue weighted by Gasteiger charge is -2.49. The summed E-state index contributed by atoms with van der Waals surface area (Å²) < 4.78 is 15.2. The topological polar surface area (TPSA) is 209 Å². The second kappa shape index (κ2) is 12.8. The third-order valence-electron chi connectivity index (χ3n) is 5.48. The number of β-lactam (4-membered cyclic amide) rings is 1. The maximum atomic E-state index is 13.3. The number of rotatable bonds is 9. The number of allylic oxidation sites excluding steroid dienone is 1. The zero-order valence-corrected chi connectivity index (χ0v) is 23.5. The van der Waals surface area contributed by atoms with E-state index in [2.05, 4.69) is 25.4 Å². The number of nitrogens with one attached hydrogen (secondary N) is 1. The fourth-order valence-electron chi connectivity index (χ4n) is 3.76. The maximum absolute atomic E-state index is 13.3. The molecule has 15 nitrogen and oxygen atoms in total. The third-order valence-corrected chi connectivity index (χ3v) is 7.46. The molecule has 1 unspecified atom stereocenters. The van der Waals surface area contributed by atoms with E-state index in [1.165, 1.54) is 35.3 Å². The van der Waals surface area contributed by atoms with Crippen LogP contribution in [0.3, 0.4) is 0 Å². The first-order valence-electron chi connectivity index (χ1n) is 12.0. The Balaban J connectivity index is 1.55. The molecule has 4 rings (SSSR count). The number of thiazole rings is 1. The Labute approximate surface area is 241 Å². The van der Waals surface area contributed by atoms with Crippen LogP contribution in [0.2, 0.25) is 0 Å². The Morgan fingerprint density at radius 3 is 2.56 bits per heavy atom. The van der Waals surface area contributed by atoms with Gasteiger partial charge in [-0.15, -0.1) is 23.1 Å². The van der Waals surface area contributed by atoms with E-state index in [0.29, 0.717) is 11.1 Å². The van der Waals surface area contributed by atoms with Gasteiger partial charge in [0.05, 0.1) is 6.10 Å². The lowest BCUT2D eigenvalue weighted by Crippen LogP contribution is -2.71. The Kier molecular flexibility index (Phi) is 9.18. The SMILES string of the molecule is CC(C)OC(=O)OC(C)OC(=O)C1=C(/C=C\c2cncnc2)CS[C@@H]2[C@H](NC(=O)/C(=N\O)c3csc(N)n3)C(=O)N12. The van der Waals surface area contributed by atoms with Gasteiger partial charge in [-0.05, 0) is 19.4 Å². The predicted molar refractivity (Wildman–Crippen MR) is 146 cm³/mol. The molecule has 2 aliphatic heterocycles. The van der Waals surface area contributed by atoms with Crippen LogP contribution >= 0.6 is 23.1 Å². The summed E-state index contributed by atoms with van der Waals surface area (Å²) in [5.74, 6) is -2.15. The molecule has 3 atom stereocenters. The molecule has 1 saturated heterocycles. The van der Waals surface area contributed by atoms with Gasteiger partial charge in [0.25, 0.3) is 11.8 Å². The van der Waals surface area contributed by atoms with Crippen LogP contribution in [0.15, 0.2) is 46.6 Å². The van der Waals surface area contributed by atoms with Crippen molar-refractivity contribution >= 4 is 64.0 Å². The first-order chi connectivity index (χ1) is 19.6. The third kappa shape index (κ3) is 6.80. The highest BCUT2D eigenvalue weighted by Crippen LogP contribution is 2.41. The maximum Gasteiger partial charge on any atom is 0.511 e. The van der Waals surface area contributed by atoms with E-state index in [1.807, 2.05) is 0 Å². The largest absolute Gasteiger partial charge is 0.511 e. The van der Waals surface area contributed by atoms with Gasteiger partial charge in [0, 0.05) is 36.0 Å². The summed E-state index contributed by atoms with van der Waals surface area (Å²) in [6.45, 7) is 4.59. The van der Waals surface area contributed by atoms with Crippen molar-refractivity contribution in [2.24, 2.45) is 5.16 Å². The number of hydrogen-bond donors (Lipinski definition) is 3. The monoisotopic (exact) mass is 603 g/mol. The first-order valence-corrected chi connectivity index (χ1v) is 13.9. The minimum atomic E-state index is -1.33. The normalized spacial score (nSPS) is 19.5. The van der Waals surface area contributed by atoms with Gasteiger partial charge in [0.2, 0.25) is 6.29 Å². The summed E-state index contributed by atoms with van der Waals surface area (Å²) in [7, 11) is 0. The summed E-state index contributed by atoms with van der Waals surface area (Å²) in [5.41, 5.74) is 6.21. The number of oxime groups is 1. The molecular formula is C24H25N7O8S2. The first kappa shape index (κ1) is 29.5. The van der Waals surface area contributed by atoms with Crippen molar-refractivity contribution in [1.29, 1.82) is 0 Å². The van der Waals surface area contributed by atoms with Crippen LogP contribution in [0, 0.1) is 0 Å². The number of carbonyl (C=O) groups is 4. The van der Waals surface area contributed by atoms with Crippen LogP contribution in [0.4, 0.5) is 9.93 Å². The number of aromatic nitrogens is 3. The number of fused-ring (bicyclic) bond motifs is 1. The average molecular weight is 604 g/mol. The van der Waals surface area contributed by atoms with E-state index >= 15 is 0 Å². The molecule has 0 aromatic carbocycles. The van der Waals surface area contributed by atoms with Gasteiger partial charge in [0.15, 0.2) is 10.8 Å². The van der Waals surface area contributed by atoms with Gasteiger partial charge in [-0.25, -0.2) is 24.5 Å². The zero-order valence-electron chi connectivity index (χ0n) is 21.9. The lowest BCUT2D eigenvalue weighted by molar-refractivity contribution is -0.169. The molecule has 2 aromatic heterocycles. The number of anilines is 1. The van der Waals surface area contributed by atoms with Crippen LogP contribution in [0.25, 0.3) is 6.08 Å². The molecule has 17 heteroatoms. The summed E-state index contributed by atoms with van der Waals surface area (Å²) >= 11 is 2.33. The lowest BCUT2D eigenvalue weighted by atomic mass is 10.0. The van der Waals surface area contributed by atoms with E-state index in [1.54, 1.807) is 38.4 Å².